The van der Waals surface area contributed by atoms with Gasteiger partial charge in [-0.3, -0.25) is 4.90 Å². The molecular formula is C9H14BrN3O. The summed E-state index contributed by atoms with van der Waals surface area (Å²) in [6, 6.07) is 0. The van der Waals surface area contributed by atoms with Crippen molar-refractivity contribution < 1.29 is 4.42 Å². The van der Waals surface area contributed by atoms with E-state index in [-0.39, 0.29) is 0 Å². The molecule has 0 aromatic carbocycles. The Hall–Kier alpha value is -0.390. The molecule has 1 aliphatic heterocycles. The van der Waals surface area contributed by atoms with Gasteiger partial charge >= 0.3 is 0 Å². The van der Waals surface area contributed by atoms with Crippen LogP contribution in [0.2, 0.25) is 0 Å². The van der Waals surface area contributed by atoms with E-state index in [1.165, 1.54) is 0 Å². The summed E-state index contributed by atoms with van der Waals surface area (Å²) in [7, 11) is 2.16. The van der Waals surface area contributed by atoms with Crippen LogP contribution in [-0.4, -0.2) is 48.0 Å². The van der Waals surface area contributed by atoms with Crippen LogP contribution < -0.4 is 0 Å². The lowest BCUT2D eigenvalue weighted by atomic mass is 10.3. The predicted octanol–water partition coefficient (Wildman–Crippen LogP) is 1.18. The highest BCUT2D eigenvalue weighted by Gasteiger charge is 2.15. The minimum absolute atomic E-state index is 0.571. The summed E-state index contributed by atoms with van der Waals surface area (Å²) in [4.78, 5) is 9.53. The van der Waals surface area contributed by atoms with Crippen LogP contribution in [-0.2, 0) is 6.54 Å². The number of aromatic nitrogens is 1. The summed E-state index contributed by atoms with van der Waals surface area (Å²) in [6.45, 7) is 5.39. The van der Waals surface area contributed by atoms with Crippen LogP contribution in [0.15, 0.2) is 15.5 Å². The number of nitrogens with zero attached hydrogens (tertiary/aromatic N) is 3. The molecule has 0 N–H and O–H groups in total. The van der Waals surface area contributed by atoms with Gasteiger partial charge in [0, 0.05) is 48.7 Å². The zero-order valence-electron chi connectivity index (χ0n) is 8.24. The third-order valence-electron chi connectivity index (χ3n) is 2.51. The summed E-state index contributed by atoms with van der Waals surface area (Å²) >= 11 is 3.20. The molecule has 2 rings (SSSR count). The van der Waals surface area contributed by atoms with Gasteiger partial charge in [0.25, 0.3) is 4.80 Å². The number of halogens is 1. The fourth-order valence-corrected chi connectivity index (χ4v) is 1.91. The maximum absolute atomic E-state index is 5.10. The van der Waals surface area contributed by atoms with Crippen LogP contribution >= 0.6 is 15.9 Å². The van der Waals surface area contributed by atoms with Crippen LogP contribution in [0.1, 0.15) is 5.69 Å². The molecule has 14 heavy (non-hydrogen) atoms. The van der Waals surface area contributed by atoms with Crippen molar-refractivity contribution in [3.63, 3.8) is 0 Å². The van der Waals surface area contributed by atoms with Gasteiger partial charge in [-0.05, 0) is 7.05 Å². The zero-order valence-corrected chi connectivity index (χ0v) is 9.83. The fraction of sp³-hybridized carbons (Fsp3) is 0.667. The standard InChI is InChI=1S/C9H14BrN3O/c1-12-2-4-13(5-3-12)6-8-7-14-9(10)11-8/h7H,2-6H2,1H3. The molecule has 5 heteroatoms. The lowest BCUT2D eigenvalue weighted by molar-refractivity contribution is 0.147. The van der Waals surface area contributed by atoms with E-state index in [0.29, 0.717) is 4.80 Å². The minimum atomic E-state index is 0.571. The van der Waals surface area contributed by atoms with Gasteiger partial charge in [-0.15, -0.1) is 0 Å². The van der Waals surface area contributed by atoms with Gasteiger partial charge in [0.15, 0.2) is 0 Å². The second-order valence-electron chi connectivity index (χ2n) is 3.67. The second-order valence-corrected chi connectivity index (χ2v) is 4.35. The Morgan fingerprint density at radius 3 is 2.71 bits per heavy atom. The summed E-state index contributed by atoms with van der Waals surface area (Å²) in [5.74, 6) is 0. The monoisotopic (exact) mass is 259 g/mol. The summed E-state index contributed by atoms with van der Waals surface area (Å²) in [5, 5.41) is 0. The molecular weight excluding hydrogens is 246 g/mol. The molecule has 4 nitrogen and oxygen atoms in total. The first-order valence-electron chi connectivity index (χ1n) is 4.75. The molecule has 0 unspecified atom stereocenters. The Kier molecular flexibility index (Phi) is 3.20. The normalized spacial score (nSPS) is 20.1. The van der Waals surface area contributed by atoms with E-state index in [4.69, 9.17) is 4.42 Å². The van der Waals surface area contributed by atoms with Crippen molar-refractivity contribution in [1.29, 1.82) is 0 Å². The molecule has 1 aromatic heterocycles. The Labute approximate surface area is 92.0 Å². The molecule has 0 saturated carbocycles. The summed E-state index contributed by atoms with van der Waals surface area (Å²) < 4.78 is 5.10. The summed E-state index contributed by atoms with van der Waals surface area (Å²) in [5.41, 5.74) is 1.00. The Morgan fingerprint density at radius 1 is 1.43 bits per heavy atom. The molecule has 2 heterocycles. The maximum atomic E-state index is 5.10. The van der Waals surface area contributed by atoms with E-state index in [0.717, 1.165) is 38.4 Å². The Bertz CT molecular complexity index is 294. The third-order valence-corrected chi connectivity index (χ3v) is 2.87. The molecule has 78 valence electrons. The Morgan fingerprint density at radius 2 is 2.14 bits per heavy atom. The number of piperazine rings is 1. The molecule has 1 saturated heterocycles. The number of rotatable bonds is 2. The van der Waals surface area contributed by atoms with E-state index in [1.807, 2.05) is 0 Å². The molecule has 1 aromatic rings. The molecule has 0 aliphatic carbocycles. The van der Waals surface area contributed by atoms with E-state index in [2.05, 4.69) is 37.8 Å². The maximum Gasteiger partial charge on any atom is 0.264 e. The van der Waals surface area contributed by atoms with Crippen LogP contribution in [0.5, 0.6) is 0 Å². The third kappa shape index (κ3) is 2.56. The number of hydrogen-bond donors (Lipinski definition) is 0. The second kappa shape index (κ2) is 4.42. The number of oxazole rings is 1. The van der Waals surface area contributed by atoms with E-state index in [9.17, 15) is 0 Å². The average Bonchev–Trinajstić information content (AvgIpc) is 2.56. The first-order valence-corrected chi connectivity index (χ1v) is 5.54. The van der Waals surface area contributed by atoms with Gasteiger partial charge in [0.05, 0.1) is 5.69 Å². The lowest BCUT2D eigenvalue weighted by Crippen LogP contribution is -2.43. The van der Waals surface area contributed by atoms with Crippen molar-refractivity contribution in [2.24, 2.45) is 0 Å². The van der Waals surface area contributed by atoms with Gasteiger partial charge in [-0.1, -0.05) is 0 Å². The van der Waals surface area contributed by atoms with E-state index in [1.54, 1.807) is 6.26 Å². The van der Waals surface area contributed by atoms with E-state index < -0.39 is 0 Å². The zero-order chi connectivity index (χ0) is 9.97. The lowest BCUT2D eigenvalue weighted by Gasteiger charge is -2.31. The fourth-order valence-electron chi connectivity index (χ4n) is 1.59. The van der Waals surface area contributed by atoms with Crippen molar-refractivity contribution in [2.45, 2.75) is 6.54 Å². The number of hydrogen-bond acceptors (Lipinski definition) is 4. The molecule has 1 fully saturated rings. The topological polar surface area (TPSA) is 32.5 Å². The first-order chi connectivity index (χ1) is 6.74. The smallest absolute Gasteiger partial charge is 0.264 e. The highest BCUT2D eigenvalue weighted by atomic mass is 79.9. The molecule has 1 aliphatic rings. The summed E-state index contributed by atoms with van der Waals surface area (Å²) in [6.07, 6.45) is 1.71. The van der Waals surface area contributed by atoms with Crippen molar-refractivity contribution >= 4 is 15.9 Å². The largest absolute Gasteiger partial charge is 0.439 e. The van der Waals surface area contributed by atoms with Gasteiger partial charge in [-0.25, -0.2) is 4.98 Å². The first kappa shape index (κ1) is 10.1. The van der Waals surface area contributed by atoms with Crippen LogP contribution in [0.4, 0.5) is 0 Å². The SMILES string of the molecule is CN1CCN(Cc2coc(Br)n2)CC1. The Balaban J connectivity index is 1.86. The molecule has 0 amide bonds. The average molecular weight is 260 g/mol. The highest BCUT2D eigenvalue weighted by molar-refractivity contribution is 9.10. The van der Waals surface area contributed by atoms with Gasteiger partial charge in [-0.2, -0.15) is 0 Å². The van der Waals surface area contributed by atoms with Crippen molar-refractivity contribution in [3.05, 3.63) is 16.8 Å². The van der Waals surface area contributed by atoms with Gasteiger partial charge in [0.1, 0.15) is 6.26 Å². The molecule has 0 spiro atoms. The van der Waals surface area contributed by atoms with Gasteiger partial charge in [0.2, 0.25) is 0 Å². The predicted molar refractivity (Wildman–Crippen MR) is 57.0 cm³/mol. The van der Waals surface area contributed by atoms with Crippen LogP contribution in [0.3, 0.4) is 0 Å². The number of likely N-dealkylation sites (N-methyl/N-ethyl adjacent to an activating group) is 1. The molecule has 0 radical (unpaired) electrons. The van der Waals surface area contributed by atoms with Crippen LogP contribution in [0, 0.1) is 0 Å². The van der Waals surface area contributed by atoms with Crippen molar-refractivity contribution in [2.75, 3.05) is 33.2 Å². The highest BCUT2D eigenvalue weighted by Crippen LogP contribution is 2.11. The molecule has 0 bridgehead atoms. The van der Waals surface area contributed by atoms with Crippen LogP contribution in [0.25, 0.3) is 0 Å². The minimum Gasteiger partial charge on any atom is -0.439 e. The van der Waals surface area contributed by atoms with E-state index >= 15 is 0 Å². The van der Waals surface area contributed by atoms with Crippen molar-refractivity contribution in [3.8, 4) is 0 Å². The quantitative estimate of drug-likeness (QED) is 0.799. The molecule has 0 atom stereocenters. The van der Waals surface area contributed by atoms with Gasteiger partial charge < -0.3 is 9.32 Å². The van der Waals surface area contributed by atoms with Crippen molar-refractivity contribution in [1.82, 2.24) is 14.8 Å².